The number of carbonyl (C=O) groups is 1. The van der Waals surface area contributed by atoms with E-state index in [-0.39, 0.29) is 5.97 Å². The van der Waals surface area contributed by atoms with Crippen molar-refractivity contribution < 1.29 is 9.53 Å². The Morgan fingerprint density at radius 1 is 1.56 bits per heavy atom. The quantitative estimate of drug-likeness (QED) is 0.802. The molecule has 1 atom stereocenters. The van der Waals surface area contributed by atoms with Gasteiger partial charge in [-0.15, -0.1) is 0 Å². The summed E-state index contributed by atoms with van der Waals surface area (Å²) in [5, 5.41) is 4.09. The number of esters is 1. The van der Waals surface area contributed by atoms with E-state index in [1.807, 2.05) is 6.92 Å². The molecule has 1 aromatic heterocycles. The second-order valence-electron chi connectivity index (χ2n) is 4.56. The van der Waals surface area contributed by atoms with Crippen LogP contribution in [-0.2, 0) is 4.74 Å². The fourth-order valence-corrected chi connectivity index (χ4v) is 2.47. The number of carbonyl (C=O) groups excluding carboxylic acids is 1. The zero-order valence-electron chi connectivity index (χ0n) is 11.6. The molecular formula is C12H21N3O2S. The van der Waals surface area contributed by atoms with Gasteiger partial charge in [-0.25, -0.2) is 9.78 Å². The highest BCUT2D eigenvalue weighted by atomic mass is 32.1. The van der Waals surface area contributed by atoms with Crippen LogP contribution in [0, 0.1) is 6.92 Å². The summed E-state index contributed by atoms with van der Waals surface area (Å²) in [7, 11) is 5.49. The number of thiazole rings is 1. The Labute approximate surface area is 112 Å². The van der Waals surface area contributed by atoms with Gasteiger partial charge in [0.1, 0.15) is 4.88 Å². The average Bonchev–Trinajstić information content (AvgIpc) is 2.66. The van der Waals surface area contributed by atoms with E-state index < -0.39 is 0 Å². The van der Waals surface area contributed by atoms with E-state index in [4.69, 9.17) is 4.74 Å². The summed E-state index contributed by atoms with van der Waals surface area (Å²) in [6.45, 7) is 4.94. The third kappa shape index (κ3) is 4.27. The van der Waals surface area contributed by atoms with Crippen molar-refractivity contribution >= 4 is 22.4 Å². The predicted octanol–water partition coefficient (Wildman–Crippen LogP) is 1.99. The van der Waals surface area contributed by atoms with Gasteiger partial charge >= 0.3 is 5.97 Å². The van der Waals surface area contributed by atoms with Crippen molar-refractivity contribution in [2.45, 2.75) is 26.3 Å². The molecule has 0 amide bonds. The molecule has 102 valence electrons. The van der Waals surface area contributed by atoms with E-state index in [0.29, 0.717) is 16.6 Å². The van der Waals surface area contributed by atoms with Crippen molar-refractivity contribution in [3.63, 3.8) is 0 Å². The number of nitrogens with one attached hydrogen (secondary N) is 1. The Morgan fingerprint density at radius 3 is 2.78 bits per heavy atom. The fraction of sp³-hybridized carbons (Fsp3) is 0.667. The first-order valence-electron chi connectivity index (χ1n) is 5.91. The maximum absolute atomic E-state index is 11.5. The first kappa shape index (κ1) is 14.9. The number of aryl methyl sites for hydroxylation is 1. The molecule has 0 aliphatic heterocycles. The van der Waals surface area contributed by atoms with Gasteiger partial charge in [-0.1, -0.05) is 11.3 Å². The summed E-state index contributed by atoms with van der Waals surface area (Å²) < 4.78 is 4.71. The number of aromatic nitrogens is 1. The minimum atomic E-state index is -0.320. The molecular weight excluding hydrogens is 250 g/mol. The number of hydrogen-bond donors (Lipinski definition) is 1. The lowest BCUT2D eigenvalue weighted by Crippen LogP contribution is -2.22. The number of hydrogen-bond acceptors (Lipinski definition) is 6. The molecule has 0 saturated carbocycles. The van der Waals surface area contributed by atoms with E-state index in [0.717, 1.165) is 18.1 Å². The maximum Gasteiger partial charge on any atom is 0.350 e. The lowest BCUT2D eigenvalue weighted by molar-refractivity contribution is 0.0605. The molecule has 0 fully saturated rings. The second kappa shape index (κ2) is 6.70. The SMILES string of the molecule is COC(=O)c1sc(NC(C)CCN(C)C)nc1C. The zero-order chi connectivity index (χ0) is 13.7. The zero-order valence-corrected chi connectivity index (χ0v) is 12.4. The van der Waals surface area contributed by atoms with Gasteiger partial charge in [0, 0.05) is 6.04 Å². The number of anilines is 1. The number of methoxy groups -OCH3 is 1. The summed E-state index contributed by atoms with van der Waals surface area (Å²) >= 11 is 1.34. The highest BCUT2D eigenvalue weighted by molar-refractivity contribution is 7.17. The normalized spacial score (nSPS) is 12.6. The molecule has 6 heteroatoms. The summed E-state index contributed by atoms with van der Waals surface area (Å²) in [6, 6.07) is 0.323. The topological polar surface area (TPSA) is 54.5 Å². The summed E-state index contributed by atoms with van der Waals surface area (Å²) in [4.78, 5) is 18.5. The molecule has 0 aromatic carbocycles. The van der Waals surface area contributed by atoms with E-state index in [1.165, 1.54) is 18.4 Å². The number of ether oxygens (including phenoxy) is 1. The first-order valence-corrected chi connectivity index (χ1v) is 6.72. The fourth-order valence-electron chi connectivity index (χ4n) is 1.48. The number of rotatable bonds is 6. The molecule has 1 unspecified atom stereocenters. The molecule has 0 radical (unpaired) electrons. The van der Waals surface area contributed by atoms with Crippen LogP contribution < -0.4 is 5.32 Å². The van der Waals surface area contributed by atoms with Crippen LogP contribution in [0.1, 0.15) is 28.7 Å². The van der Waals surface area contributed by atoms with Crippen LogP contribution in [0.2, 0.25) is 0 Å². The van der Waals surface area contributed by atoms with Crippen LogP contribution in [0.5, 0.6) is 0 Å². The molecule has 1 heterocycles. The smallest absolute Gasteiger partial charge is 0.350 e. The maximum atomic E-state index is 11.5. The second-order valence-corrected chi connectivity index (χ2v) is 5.56. The van der Waals surface area contributed by atoms with Crippen molar-refractivity contribution in [1.82, 2.24) is 9.88 Å². The van der Waals surface area contributed by atoms with E-state index in [9.17, 15) is 4.79 Å². The third-order valence-corrected chi connectivity index (χ3v) is 3.62. The van der Waals surface area contributed by atoms with Gasteiger partial charge < -0.3 is 15.0 Å². The minimum absolute atomic E-state index is 0.320. The first-order chi connectivity index (χ1) is 8.43. The van der Waals surface area contributed by atoms with Gasteiger partial charge in [-0.3, -0.25) is 0 Å². The molecule has 0 saturated heterocycles. The van der Waals surface area contributed by atoms with Gasteiger partial charge in [0.2, 0.25) is 0 Å². The average molecular weight is 271 g/mol. The molecule has 0 aliphatic carbocycles. The Bertz CT molecular complexity index is 404. The Balaban J connectivity index is 2.60. The monoisotopic (exact) mass is 271 g/mol. The molecule has 18 heavy (non-hydrogen) atoms. The number of nitrogens with zero attached hydrogens (tertiary/aromatic N) is 2. The lowest BCUT2D eigenvalue weighted by atomic mass is 10.2. The molecule has 0 aliphatic rings. The highest BCUT2D eigenvalue weighted by Crippen LogP contribution is 2.24. The predicted molar refractivity (Wildman–Crippen MR) is 74.4 cm³/mol. The summed E-state index contributed by atoms with van der Waals surface area (Å²) in [5.41, 5.74) is 0.717. The van der Waals surface area contributed by atoms with Crippen LogP contribution in [0.15, 0.2) is 0 Å². The molecule has 0 spiro atoms. The Kier molecular flexibility index (Phi) is 5.55. The van der Waals surface area contributed by atoms with Crippen LogP contribution in [-0.4, -0.2) is 49.6 Å². The van der Waals surface area contributed by atoms with E-state index in [2.05, 4.69) is 36.2 Å². The Morgan fingerprint density at radius 2 is 2.22 bits per heavy atom. The van der Waals surface area contributed by atoms with Gasteiger partial charge in [0.15, 0.2) is 5.13 Å². The standard InChI is InChI=1S/C12H21N3O2S/c1-8(6-7-15(3)4)13-12-14-9(2)10(18-12)11(16)17-5/h8H,6-7H2,1-5H3,(H,13,14). The molecule has 1 rings (SSSR count). The van der Waals surface area contributed by atoms with Crippen LogP contribution in [0.3, 0.4) is 0 Å². The lowest BCUT2D eigenvalue weighted by Gasteiger charge is -2.15. The van der Waals surface area contributed by atoms with E-state index >= 15 is 0 Å². The van der Waals surface area contributed by atoms with Crippen molar-refractivity contribution in [2.24, 2.45) is 0 Å². The largest absolute Gasteiger partial charge is 0.465 e. The van der Waals surface area contributed by atoms with Gasteiger partial charge in [-0.2, -0.15) is 0 Å². The molecule has 0 bridgehead atoms. The summed E-state index contributed by atoms with van der Waals surface area (Å²) in [5.74, 6) is -0.320. The Hall–Kier alpha value is -1.14. The minimum Gasteiger partial charge on any atom is -0.465 e. The van der Waals surface area contributed by atoms with Crippen molar-refractivity contribution in [3.8, 4) is 0 Å². The third-order valence-electron chi connectivity index (χ3n) is 2.55. The van der Waals surface area contributed by atoms with Gasteiger partial charge in [0.25, 0.3) is 0 Å². The van der Waals surface area contributed by atoms with Crippen LogP contribution in [0.25, 0.3) is 0 Å². The highest BCUT2D eigenvalue weighted by Gasteiger charge is 2.16. The van der Waals surface area contributed by atoms with Crippen molar-refractivity contribution in [3.05, 3.63) is 10.6 Å². The van der Waals surface area contributed by atoms with Crippen molar-refractivity contribution in [1.29, 1.82) is 0 Å². The van der Waals surface area contributed by atoms with Gasteiger partial charge in [-0.05, 0) is 40.9 Å². The molecule has 1 N–H and O–H groups in total. The summed E-state index contributed by atoms with van der Waals surface area (Å²) in [6.07, 6.45) is 1.03. The molecule has 1 aromatic rings. The molecule has 5 nitrogen and oxygen atoms in total. The van der Waals surface area contributed by atoms with E-state index in [1.54, 1.807) is 0 Å². The van der Waals surface area contributed by atoms with Crippen LogP contribution in [0.4, 0.5) is 5.13 Å². The van der Waals surface area contributed by atoms with Crippen molar-refractivity contribution in [2.75, 3.05) is 33.1 Å². The van der Waals surface area contributed by atoms with Gasteiger partial charge in [0.05, 0.1) is 12.8 Å². The van der Waals surface area contributed by atoms with Crippen LogP contribution >= 0.6 is 11.3 Å².